The number of nitrogens with zero attached hydrogens (tertiary/aromatic N) is 1. The zero-order chi connectivity index (χ0) is 14.7. The number of rotatable bonds is 3. The Kier molecular flexibility index (Phi) is 4.54. The first-order valence-corrected chi connectivity index (χ1v) is 6.93. The number of likely N-dealkylation sites (tertiary alicyclic amines) is 1. The van der Waals surface area contributed by atoms with Gasteiger partial charge in [0.25, 0.3) is 0 Å². The van der Waals surface area contributed by atoms with E-state index in [2.05, 4.69) is 20.7 Å². The van der Waals surface area contributed by atoms with E-state index in [1.54, 1.807) is 0 Å². The first-order chi connectivity index (χ1) is 9.51. The predicted molar refractivity (Wildman–Crippen MR) is 74.9 cm³/mol. The number of ether oxygens (including phenoxy) is 1. The molecule has 1 aliphatic rings. The van der Waals surface area contributed by atoms with E-state index in [1.807, 2.05) is 24.3 Å². The lowest BCUT2D eigenvalue weighted by Crippen LogP contribution is -2.31. The molecule has 20 heavy (non-hydrogen) atoms. The highest BCUT2D eigenvalue weighted by Gasteiger charge is 2.38. The molecule has 1 atom stereocenters. The Hall–Kier alpha value is -1.69. The van der Waals surface area contributed by atoms with Gasteiger partial charge in [0.2, 0.25) is 5.91 Å². The summed E-state index contributed by atoms with van der Waals surface area (Å²) in [7, 11) is 1.24. The first kappa shape index (κ1) is 14.7. The molecule has 1 fully saturated rings. The molecule has 1 aromatic carbocycles. The van der Waals surface area contributed by atoms with Crippen LogP contribution in [0.2, 0.25) is 0 Å². The number of Topliss-reactive ketones (excluding diaryl/α,β-unsaturated/α-hetero) is 1. The molecule has 1 aliphatic heterocycles. The lowest BCUT2D eigenvalue weighted by Gasteiger charge is -2.15. The average molecular weight is 340 g/mol. The van der Waals surface area contributed by atoms with Crippen LogP contribution in [-0.4, -0.2) is 42.8 Å². The van der Waals surface area contributed by atoms with Gasteiger partial charge in [0.1, 0.15) is 5.92 Å². The minimum atomic E-state index is -0.839. The highest BCUT2D eigenvalue weighted by Crippen LogP contribution is 2.17. The summed E-state index contributed by atoms with van der Waals surface area (Å²) < 4.78 is 5.50. The van der Waals surface area contributed by atoms with Gasteiger partial charge in [-0.1, -0.05) is 28.1 Å². The van der Waals surface area contributed by atoms with Gasteiger partial charge in [-0.15, -0.1) is 0 Å². The number of benzene rings is 1. The fourth-order valence-corrected chi connectivity index (χ4v) is 2.38. The molecule has 5 nitrogen and oxygen atoms in total. The smallest absolute Gasteiger partial charge is 0.318 e. The zero-order valence-corrected chi connectivity index (χ0v) is 12.6. The summed E-state index contributed by atoms with van der Waals surface area (Å²) >= 11 is 3.33. The van der Waals surface area contributed by atoms with E-state index in [-0.39, 0.29) is 31.2 Å². The van der Waals surface area contributed by atoms with Crippen molar-refractivity contribution >= 4 is 33.6 Å². The molecule has 0 N–H and O–H groups in total. The molecule has 0 radical (unpaired) electrons. The van der Waals surface area contributed by atoms with Gasteiger partial charge in [0.15, 0.2) is 5.78 Å². The van der Waals surface area contributed by atoms with Crippen LogP contribution in [0.4, 0.5) is 0 Å². The third-order valence-electron chi connectivity index (χ3n) is 3.25. The van der Waals surface area contributed by atoms with Crippen molar-refractivity contribution < 1.29 is 19.1 Å². The number of amides is 1. The number of carbonyl (C=O) groups is 3. The predicted octanol–water partition coefficient (Wildman–Crippen LogP) is 1.19. The van der Waals surface area contributed by atoms with Crippen LogP contribution in [0.1, 0.15) is 5.56 Å². The maximum Gasteiger partial charge on any atom is 0.318 e. The van der Waals surface area contributed by atoms with Crippen molar-refractivity contribution in [1.29, 1.82) is 0 Å². The van der Waals surface area contributed by atoms with E-state index >= 15 is 0 Å². The third-order valence-corrected chi connectivity index (χ3v) is 3.77. The van der Waals surface area contributed by atoms with Crippen molar-refractivity contribution in [3.63, 3.8) is 0 Å². The highest BCUT2D eigenvalue weighted by molar-refractivity contribution is 9.10. The van der Waals surface area contributed by atoms with Gasteiger partial charge in [0, 0.05) is 11.0 Å². The summed E-state index contributed by atoms with van der Waals surface area (Å²) in [5, 5.41) is 0. The van der Waals surface area contributed by atoms with E-state index in [0.29, 0.717) is 0 Å². The fraction of sp³-hybridized carbons (Fsp3) is 0.357. The highest BCUT2D eigenvalue weighted by atomic mass is 79.9. The second-order valence-corrected chi connectivity index (χ2v) is 5.54. The van der Waals surface area contributed by atoms with Crippen molar-refractivity contribution in [2.45, 2.75) is 6.42 Å². The first-order valence-electron chi connectivity index (χ1n) is 6.14. The van der Waals surface area contributed by atoms with Gasteiger partial charge in [-0.05, 0) is 17.7 Å². The molecule has 0 aromatic heterocycles. The second kappa shape index (κ2) is 6.17. The normalized spacial score (nSPS) is 18.2. The van der Waals surface area contributed by atoms with E-state index in [1.165, 1.54) is 12.0 Å². The van der Waals surface area contributed by atoms with Gasteiger partial charge >= 0.3 is 5.97 Å². The lowest BCUT2D eigenvalue weighted by molar-refractivity contribution is -0.147. The van der Waals surface area contributed by atoms with E-state index in [9.17, 15) is 14.4 Å². The van der Waals surface area contributed by atoms with Crippen LogP contribution >= 0.6 is 15.9 Å². The zero-order valence-electron chi connectivity index (χ0n) is 11.0. The van der Waals surface area contributed by atoms with Crippen molar-refractivity contribution in [2.24, 2.45) is 5.92 Å². The largest absolute Gasteiger partial charge is 0.468 e. The number of methoxy groups -OCH3 is 1. The summed E-state index contributed by atoms with van der Waals surface area (Å²) in [4.78, 5) is 36.6. The lowest BCUT2D eigenvalue weighted by atomic mass is 10.1. The van der Waals surface area contributed by atoms with Gasteiger partial charge in [-0.3, -0.25) is 14.4 Å². The minimum absolute atomic E-state index is 0.0187. The van der Waals surface area contributed by atoms with Crippen molar-refractivity contribution in [2.75, 3.05) is 20.2 Å². The van der Waals surface area contributed by atoms with Crippen LogP contribution in [-0.2, 0) is 25.5 Å². The summed E-state index contributed by atoms with van der Waals surface area (Å²) in [6.07, 6.45) is 0.217. The SMILES string of the molecule is COC(=O)C1CN(C(=O)Cc2ccc(Br)cc2)CC1=O. The van der Waals surface area contributed by atoms with Crippen LogP contribution in [0.15, 0.2) is 28.7 Å². The standard InChI is InChI=1S/C14H14BrNO4/c1-20-14(19)11-7-16(8-12(11)17)13(18)6-9-2-4-10(15)5-3-9/h2-5,11H,6-8H2,1H3. The van der Waals surface area contributed by atoms with E-state index < -0.39 is 11.9 Å². The maximum atomic E-state index is 12.1. The molecule has 2 rings (SSSR count). The van der Waals surface area contributed by atoms with Gasteiger partial charge < -0.3 is 9.64 Å². The molecular formula is C14H14BrNO4. The molecule has 6 heteroatoms. The Morgan fingerprint density at radius 1 is 1.35 bits per heavy atom. The minimum Gasteiger partial charge on any atom is -0.468 e. The van der Waals surface area contributed by atoms with Crippen molar-refractivity contribution in [3.05, 3.63) is 34.3 Å². The number of carbonyl (C=O) groups excluding carboxylic acids is 3. The number of hydrogen-bond donors (Lipinski definition) is 0. The van der Waals surface area contributed by atoms with Gasteiger partial charge in [-0.25, -0.2) is 0 Å². The number of halogens is 1. The van der Waals surface area contributed by atoms with Crippen LogP contribution in [0, 0.1) is 5.92 Å². The van der Waals surface area contributed by atoms with Gasteiger partial charge in [0.05, 0.1) is 20.1 Å². The van der Waals surface area contributed by atoms with E-state index in [0.717, 1.165) is 10.0 Å². The Bertz CT molecular complexity index is 541. The van der Waals surface area contributed by atoms with Gasteiger partial charge in [-0.2, -0.15) is 0 Å². The molecule has 1 unspecified atom stereocenters. The maximum absolute atomic E-state index is 12.1. The molecule has 1 aromatic rings. The quantitative estimate of drug-likeness (QED) is 0.613. The molecular weight excluding hydrogens is 326 g/mol. The van der Waals surface area contributed by atoms with Crippen LogP contribution in [0.5, 0.6) is 0 Å². The molecule has 0 aliphatic carbocycles. The molecule has 0 saturated carbocycles. The number of ketones is 1. The Morgan fingerprint density at radius 2 is 2.00 bits per heavy atom. The topological polar surface area (TPSA) is 63.7 Å². The third kappa shape index (κ3) is 3.25. The summed E-state index contributed by atoms with van der Waals surface area (Å²) in [6.45, 7) is 0.0933. The molecule has 1 saturated heterocycles. The summed E-state index contributed by atoms with van der Waals surface area (Å²) in [5.74, 6) is -1.84. The second-order valence-electron chi connectivity index (χ2n) is 4.62. The summed E-state index contributed by atoms with van der Waals surface area (Å²) in [5.41, 5.74) is 0.868. The monoisotopic (exact) mass is 339 g/mol. The average Bonchev–Trinajstić information content (AvgIpc) is 2.82. The summed E-state index contributed by atoms with van der Waals surface area (Å²) in [6, 6.07) is 7.40. The number of hydrogen-bond acceptors (Lipinski definition) is 4. The van der Waals surface area contributed by atoms with Crippen LogP contribution < -0.4 is 0 Å². The molecule has 0 bridgehead atoms. The van der Waals surface area contributed by atoms with Crippen LogP contribution in [0.3, 0.4) is 0 Å². The Morgan fingerprint density at radius 3 is 2.60 bits per heavy atom. The van der Waals surface area contributed by atoms with Crippen molar-refractivity contribution in [3.8, 4) is 0 Å². The molecule has 1 heterocycles. The fourth-order valence-electron chi connectivity index (χ4n) is 2.11. The number of esters is 1. The van der Waals surface area contributed by atoms with Crippen LogP contribution in [0.25, 0.3) is 0 Å². The molecule has 0 spiro atoms. The Balaban J connectivity index is 1.99. The Labute approximate surface area is 125 Å². The molecule has 1 amide bonds. The molecule has 106 valence electrons. The van der Waals surface area contributed by atoms with Crippen molar-refractivity contribution in [1.82, 2.24) is 4.90 Å². The van der Waals surface area contributed by atoms with E-state index in [4.69, 9.17) is 0 Å².